The highest BCUT2D eigenvalue weighted by molar-refractivity contribution is 7.91. The van der Waals surface area contributed by atoms with Crippen molar-refractivity contribution in [2.24, 2.45) is 5.92 Å². The van der Waals surface area contributed by atoms with Crippen molar-refractivity contribution in [3.63, 3.8) is 0 Å². The van der Waals surface area contributed by atoms with Gasteiger partial charge in [0.25, 0.3) is 0 Å². The van der Waals surface area contributed by atoms with E-state index in [0.29, 0.717) is 11.5 Å². The maximum Gasteiger partial charge on any atom is 0.153 e. The van der Waals surface area contributed by atoms with Gasteiger partial charge in [-0.2, -0.15) is 0 Å². The Balaban J connectivity index is 1.52. The predicted molar refractivity (Wildman–Crippen MR) is 87.4 cm³/mol. The predicted octanol–water partition coefficient (Wildman–Crippen LogP) is 1.38. The summed E-state index contributed by atoms with van der Waals surface area (Å²) >= 11 is 0. The van der Waals surface area contributed by atoms with Crippen molar-refractivity contribution >= 4 is 9.84 Å². The molecule has 2 heterocycles. The number of nitrogens with zero attached hydrogens (tertiary/aromatic N) is 2. The minimum Gasteiger partial charge on any atom is -0.296 e. The van der Waals surface area contributed by atoms with Gasteiger partial charge in [-0.15, -0.1) is 0 Å². The van der Waals surface area contributed by atoms with Crippen molar-refractivity contribution < 1.29 is 8.42 Å². The first kappa shape index (κ1) is 14.7. The van der Waals surface area contributed by atoms with E-state index in [1.165, 1.54) is 18.4 Å². The Morgan fingerprint density at radius 1 is 0.955 bits per heavy atom. The molecule has 5 heteroatoms. The monoisotopic (exact) mass is 320 g/mol. The number of benzene rings is 1. The Bertz CT molecular complexity index is 627. The van der Waals surface area contributed by atoms with E-state index in [2.05, 4.69) is 34.1 Å². The smallest absolute Gasteiger partial charge is 0.153 e. The molecule has 1 aromatic carbocycles. The van der Waals surface area contributed by atoms with Crippen molar-refractivity contribution in [3.05, 3.63) is 35.9 Å². The summed E-state index contributed by atoms with van der Waals surface area (Å²) in [6.07, 6.45) is 2.66. The first-order valence-corrected chi connectivity index (χ1v) is 10.2. The lowest BCUT2D eigenvalue weighted by atomic mass is 10.0. The maximum atomic E-state index is 12.2. The van der Waals surface area contributed by atoms with Crippen LogP contribution in [0, 0.1) is 5.92 Å². The summed E-state index contributed by atoms with van der Waals surface area (Å²) in [5, 5.41) is 0. The third kappa shape index (κ3) is 3.07. The molecule has 120 valence electrons. The average molecular weight is 320 g/mol. The van der Waals surface area contributed by atoms with Gasteiger partial charge in [-0.1, -0.05) is 30.3 Å². The SMILES string of the molecule is O=S1(=O)C[C@@H]2[C@H](C1)N(Cc1ccccc1)CCN2CC1CC1. The van der Waals surface area contributed by atoms with Gasteiger partial charge in [0.05, 0.1) is 11.5 Å². The van der Waals surface area contributed by atoms with Crippen LogP contribution in [0.1, 0.15) is 18.4 Å². The first-order chi connectivity index (χ1) is 10.6. The van der Waals surface area contributed by atoms with Gasteiger partial charge in [0, 0.05) is 38.3 Å². The molecular weight excluding hydrogens is 296 g/mol. The molecule has 22 heavy (non-hydrogen) atoms. The van der Waals surface area contributed by atoms with E-state index in [9.17, 15) is 8.42 Å². The molecule has 2 atom stereocenters. The fourth-order valence-electron chi connectivity index (χ4n) is 3.97. The minimum absolute atomic E-state index is 0.178. The Morgan fingerprint density at radius 2 is 1.59 bits per heavy atom. The van der Waals surface area contributed by atoms with Crippen molar-refractivity contribution in [2.75, 3.05) is 31.1 Å². The number of piperazine rings is 1. The number of rotatable bonds is 4. The second-order valence-electron chi connectivity index (χ2n) is 7.11. The third-order valence-corrected chi connectivity index (χ3v) is 7.02. The zero-order chi connectivity index (χ0) is 15.2. The van der Waals surface area contributed by atoms with Gasteiger partial charge in [-0.25, -0.2) is 8.42 Å². The molecule has 0 bridgehead atoms. The Kier molecular flexibility index (Phi) is 3.75. The molecule has 0 radical (unpaired) electrons. The molecule has 1 saturated carbocycles. The van der Waals surface area contributed by atoms with Gasteiger partial charge in [0.1, 0.15) is 0 Å². The molecule has 0 aromatic heterocycles. The largest absolute Gasteiger partial charge is 0.296 e. The number of sulfone groups is 1. The first-order valence-electron chi connectivity index (χ1n) is 8.33. The summed E-state index contributed by atoms with van der Waals surface area (Å²) in [6, 6.07) is 10.8. The topological polar surface area (TPSA) is 40.6 Å². The van der Waals surface area contributed by atoms with E-state index in [-0.39, 0.29) is 12.1 Å². The van der Waals surface area contributed by atoms with E-state index < -0.39 is 9.84 Å². The Hall–Kier alpha value is -0.910. The Morgan fingerprint density at radius 3 is 2.27 bits per heavy atom. The molecule has 1 aliphatic carbocycles. The van der Waals surface area contributed by atoms with Gasteiger partial charge < -0.3 is 0 Å². The number of hydrogen-bond acceptors (Lipinski definition) is 4. The fourth-order valence-corrected chi connectivity index (χ4v) is 6.01. The molecule has 3 fully saturated rings. The van der Waals surface area contributed by atoms with E-state index in [1.807, 2.05) is 6.07 Å². The second-order valence-corrected chi connectivity index (χ2v) is 9.26. The highest BCUT2D eigenvalue weighted by Crippen LogP contribution is 2.34. The lowest BCUT2D eigenvalue weighted by molar-refractivity contribution is 0.0376. The average Bonchev–Trinajstić information content (AvgIpc) is 3.24. The molecule has 2 saturated heterocycles. The van der Waals surface area contributed by atoms with Crippen molar-refractivity contribution in [1.29, 1.82) is 0 Å². The van der Waals surface area contributed by atoms with E-state index in [0.717, 1.165) is 32.1 Å². The van der Waals surface area contributed by atoms with Gasteiger partial charge in [-0.05, 0) is 24.3 Å². The van der Waals surface area contributed by atoms with Crippen molar-refractivity contribution in [2.45, 2.75) is 31.5 Å². The Labute approximate surface area is 133 Å². The van der Waals surface area contributed by atoms with Gasteiger partial charge in [-0.3, -0.25) is 9.80 Å². The van der Waals surface area contributed by atoms with Crippen LogP contribution in [0.4, 0.5) is 0 Å². The van der Waals surface area contributed by atoms with E-state index in [1.54, 1.807) is 0 Å². The summed E-state index contributed by atoms with van der Waals surface area (Å²) in [5.41, 5.74) is 1.28. The van der Waals surface area contributed by atoms with Crippen LogP contribution < -0.4 is 0 Å². The van der Waals surface area contributed by atoms with Crippen LogP contribution in [0.3, 0.4) is 0 Å². The zero-order valence-electron chi connectivity index (χ0n) is 12.9. The lowest BCUT2D eigenvalue weighted by Gasteiger charge is -2.44. The molecular formula is C17H24N2O2S. The summed E-state index contributed by atoms with van der Waals surface area (Å²) in [5.74, 6) is 1.52. The lowest BCUT2D eigenvalue weighted by Crippen LogP contribution is -2.59. The summed E-state index contributed by atoms with van der Waals surface area (Å²) < 4.78 is 24.4. The number of hydrogen-bond donors (Lipinski definition) is 0. The van der Waals surface area contributed by atoms with Crippen LogP contribution in [0.5, 0.6) is 0 Å². The molecule has 4 nitrogen and oxygen atoms in total. The number of fused-ring (bicyclic) bond motifs is 1. The van der Waals surface area contributed by atoms with Crippen LogP contribution in [0.2, 0.25) is 0 Å². The zero-order valence-corrected chi connectivity index (χ0v) is 13.7. The quantitative estimate of drug-likeness (QED) is 0.840. The van der Waals surface area contributed by atoms with Gasteiger partial charge >= 0.3 is 0 Å². The maximum absolute atomic E-state index is 12.2. The van der Waals surface area contributed by atoms with Gasteiger partial charge in [0.2, 0.25) is 0 Å². The fraction of sp³-hybridized carbons (Fsp3) is 0.647. The highest BCUT2D eigenvalue weighted by atomic mass is 32.2. The van der Waals surface area contributed by atoms with E-state index >= 15 is 0 Å². The molecule has 2 aliphatic heterocycles. The van der Waals surface area contributed by atoms with Gasteiger partial charge in [0.15, 0.2) is 9.84 Å². The summed E-state index contributed by atoms with van der Waals surface area (Å²) in [6.45, 7) is 3.98. The van der Waals surface area contributed by atoms with Crippen LogP contribution in [0.25, 0.3) is 0 Å². The normalized spacial score (nSPS) is 32.0. The second kappa shape index (κ2) is 5.62. The molecule has 0 amide bonds. The standard InChI is InChI=1S/C17H24N2O2S/c20-22(21)12-16-17(13-22)19(11-15-6-7-15)9-8-18(16)10-14-4-2-1-3-5-14/h1-5,15-17H,6-13H2/t16-,17+/m0/s1. The van der Waals surface area contributed by atoms with Crippen molar-refractivity contribution in [1.82, 2.24) is 9.80 Å². The summed E-state index contributed by atoms with van der Waals surface area (Å²) in [7, 11) is -2.89. The summed E-state index contributed by atoms with van der Waals surface area (Å²) in [4.78, 5) is 4.86. The van der Waals surface area contributed by atoms with Crippen molar-refractivity contribution in [3.8, 4) is 0 Å². The van der Waals surface area contributed by atoms with Crippen LogP contribution in [0.15, 0.2) is 30.3 Å². The molecule has 3 aliphatic rings. The highest BCUT2D eigenvalue weighted by Gasteiger charge is 2.47. The minimum atomic E-state index is -2.89. The van der Waals surface area contributed by atoms with Crippen LogP contribution >= 0.6 is 0 Å². The molecule has 0 N–H and O–H groups in total. The molecule has 0 spiro atoms. The van der Waals surface area contributed by atoms with Crippen LogP contribution in [-0.4, -0.2) is 61.4 Å². The molecule has 0 unspecified atom stereocenters. The molecule has 4 rings (SSSR count). The third-order valence-electron chi connectivity index (χ3n) is 5.32. The molecule has 1 aromatic rings. The van der Waals surface area contributed by atoms with E-state index in [4.69, 9.17) is 0 Å². The van der Waals surface area contributed by atoms with Crippen LogP contribution in [-0.2, 0) is 16.4 Å².